The van der Waals surface area contributed by atoms with Gasteiger partial charge in [0.1, 0.15) is 0 Å². The second kappa shape index (κ2) is 7.98. The van der Waals surface area contributed by atoms with Crippen LogP contribution in [0, 0.1) is 0 Å². The molecule has 0 saturated carbocycles. The zero-order valence-corrected chi connectivity index (χ0v) is 17.3. The third-order valence-corrected chi connectivity index (χ3v) is 6.26. The summed E-state index contributed by atoms with van der Waals surface area (Å²) in [5, 5.41) is 0. The van der Waals surface area contributed by atoms with Gasteiger partial charge in [-0.1, -0.05) is 18.2 Å². The highest BCUT2D eigenvalue weighted by atomic mass is 16.5. The van der Waals surface area contributed by atoms with E-state index in [1.54, 1.807) is 0 Å². The number of anilines is 1. The number of fused-ring (bicyclic) bond motifs is 1. The van der Waals surface area contributed by atoms with Gasteiger partial charge in [-0.25, -0.2) is 4.79 Å². The van der Waals surface area contributed by atoms with Crippen molar-refractivity contribution >= 4 is 11.7 Å². The molecule has 0 amide bonds. The van der Waals surface area contributed by atoms with E-state index in [1.165, 1.54) is 48.2 Å². The van der Waals surface area contributed by atoms with Crippen LogP contribution in [-0.2, 0) is 17.6 Å². The first-order chi connectivity index (χ1) is 13.5. The second-order valence-electron chi connectivity index (χ2n) is 8.65. The van der Waals surface area contributed by atoms with E-state index in [-0.39, 0.29) is 12.1 Å². The largest absolute Gasteiger partial charge is 0.459 e. The molecule has 0 bridgehead atoms. The van der Waals surface area contributed by atoms with Crippen LogP contribution in [0.2, 0.25) is 0 Å². The first-order valence-electron chi connectivity index (χ1n) is 10.7. The molecule has 28 heavy (non-hydrogen) atoms. The number of nitrogens with zero attached hydrogens (tertiary/aromatic N) is 1. The molecule has 148 valence electrons. The van der Waals surface area contributed by atoms with Gasteiger partial charge in [-0.05, 0) is 99.7 Å². The normalized spacial score (nSPS) is 21.6. The van der Waals surface area contributed by atoms with Gasteiger partial charge in [0.05, 0.1) is 11.7 Å². The molecule has 3 heteroatoms. The Morgan fingerprint density at radius 1 is 1.07 bits per heavy atom. The Kier molecular flexibility index (Phi) is 5.43. The lowest BCUT2D eigenvalue weighted by atomic mass is 9.80. The van der Waals surface area contributed by atoms with Crippen LogP contribution in [0.3, 0.4) is 0 Å². The van der Waals surface area contributed by atoms with Crippen LogP contribution in [0.15, 0.2) is 42.5 Å². The summed E-state index contributed by atoms with van der Waals surface area (Å²) in [7, 11) is 0. The van der Waals surface area contributed by atoms with Crippen LogP contribution in [0.4, 0.5) is 5.69 Å². The Labute approximate surface area is 168 Å². The third-order valence-electron chi connectivity index (χ3n) is 6.26. The molecule has 0 spiro atoms. The maximum absolute atomic E-state index is 12.0. The van der Waals surface area contributed by atoms with Gasteiger partial charge in [0, 0.05) is 18.3 Å². The molecule has 1 saturated heterocycles. The third kappa shape index (κ3) is 3.94. The van der Waals surface area contributed by atoms with Crippen LogP contribution >= 0.6 is 0 Å². The van der Waals surface area contributed by atoms with E-state index in [9.17, 15) is 4.79 Å². The number of hydrogen-bond donors (Lipinski definition) is 0. The number of carbonyl (C=O) groups is 1. The Morgan fingerprint density at radius 3 is 2.54 bits per heavy atom. The zero-order chi connectivity index (χ0) is 19.7. The zero-order valence-electron chi connectivity index (χ0n) is 17.3. The molecule has 2 aromatic carbocycles. The number of ether oxygens (including phenoxy) is 1. The highest BCUT2D eigenvalue weighted by molar-refractivity contribution is 5.89. The number of benzene rings is 2. The van der Waals surface area contributed by atoms with Crippen molar-refractivity contribution in [3.8, 4) is 0 Å². The van der Waals surface area contributed by atoms with E-state index >= 15 is 0 Å². The van der Waals surface area contributed by atoms with Gasteiger partial charge in [-0.15, -0.1) is 0 Å². The fraction of sp³-hybridized carbons (Fsp3) is 0.480. The standard InChI is InChI=1S/C25H31NO2/c1-17(2)28-25(27)20-8-6-19(7-9-20)21-10-11-23-16-24(13-12-22(23)15-21)26-14-4-5-18(26)3/h6-9,12-13,16-18,21H,4-5,10-11,14-15H2,1-3H3. The van der Waals surface area contributed by atoms with Gasteiger partial charge in [0.25, 0.3) is 0 Å². The predicted octanol–water partition coefficient (Wildman–Crippen LogP) is 5.51. The fourth-order valence-electron chi connectivity index (χ4n) is 4.69. The Hall–Kier alpha value is -2.29. The van der Waals surface area contributed by atoms with Crippen molar-refractivity contribution in [1.82, 2.24) is 0 Å². The van der Waals surface area contributed by atoms with Crippen LogP contribution in [0.5, 0.6) is 0 Å². The second-order valence-corrected chi connectivity index (χ2v) is 8.65. The van der Waals surface area contributed by atoms with E-state index in [0.29, 0.717) is 17.5 Å². The quantitative estimate of drug-likeness (QED) is 0.658. The molecule has 2 atom stereocenters. The predicted molar refractivity (Wildman–Crippen MR) is 114 cm³/mol. The minimum Gasteiger partial charge on any atom is -0.459 e. The van der Waals surface area contributed by atoms with Crippen molar-refractivity contribution in [2.45, 2.75) is 70.9 Å². The van der Waals surface area contributed by atoms with Gasteiger partial charge in [-0.2, -0.15) is 0 Å². The van der Waals surface area contributed by atoms with E-state index in [0.717, 1.165) is 12.8 Å². The van der Waals surface area contributed by atoms with E-state index in [2.05, 4.69) is 42.2 Å². The lowest BCUT2D eigenvalue weighted by Gasteiger charge is -2.29. The average molecular weight is 378 g/mol. The smallest absolute Gasteiger partial charge is 0.338 e. The van der Waals surface area contributed by atoms with Crippen molar-refractivity contribution in [2.24, 2.45) is 0 Å². The summed E-state index contributed by atoms with van der Waals surface area (Å²) in [5.74, 6) is 0.290. The van der Waals surface area contributed by atoms with Crippen LogP contribution in [-0.4, -0.2) is 24.7 Å². The van der Waals surface area contributed by atoms with E-state index in [4.69, 9.17) is 4.74 Å². The molecule has 3 nitrogen and oxygen atoms in total. The summed E-state index contributed by atoms with van der Waals surface area (Å²) in [6.07, 6.45) is 5.91. The monoisotopic (exact) mass is 377 g/mol. The summed E-state index contributed by atoms with van der Waals surface area (Å²) in [5.41, 5.74) is 6.36. The van der Waals surface area contributed by atoms with Gasteiger partial charge in [-0.3, -0.25) is 0 Å². The van der Waals surface area contributed by atoms with Crippen molar-refractivity contribution in [2.75, 3.05) is 11.4 Å². The van der Waals surface area contributed by atoms with Gasteiger partial charge < -0.3 is 9.64 Å². The molecule has 1 aliphatic heterocycles. The molecule has 0 N–H and O–H groups in total. The maximum atomic E-state index is 12.0. The summed E-state index contributed by atoms with van der Waals surface area (Å²) in [6, 6.07) is 15.8. The van der Waals surface area contributed by atoms with Crippen molar-refractivity contribution < 1.29 is 9.53 Å². The number of hydrogen-bond acceptors (Lipinski definition) is 3. The SMILES string of the molecule is CC(C)OC(=O)c1ccc(C2CCc3cc(N4CCCC4C)ccc3C2)cc1. The molecule has 2 aliphatic rings. The summed E-state index contributed by atoms with van der Waals surface area (Å²) < 4.78 is 5.29. The van der Waals surface area contributed by atoms with Crippen molar-refractivity contribution in [3.63, 3.8) is 0 Å². The highest BCUT2D eigenvalue weighted by Crippen LogP contribution is 2.36. The summed E-state index contributed by atoms with van der Waals surface area (Å²) in [4.78, 5) is 14.6. The van der Waals surface area contributed by atoms with Crippen molar-refractivity contribution in [1.29, 1.82) is 0 Å². The molecule has 2 unspecified atom stereocenters. The molecule has 1 aliphatic carbocycles. The lowest BCUT2D eigenvalue weighted by Crippen LogP contribution is -2.26. The first-order valence-corrected chi connectivity index (χ1v) is 10.7. The number of carbonyl (C=O) groups excluding carboxylic acids is 1. The number of esters is 1. The first kappa shape index (κ1) is 19.0. The minimum atomic E-state index is -0.237. The van der Waals surface area contributed by atoms with Gasteiger partial charge >= 0.3 is 5.97 Å². The van der Waals surface area contributed by atoms with Crippen LogP contribution in [0.1, 0.15) is 73.0 Å². The topological polar surface area (TPSA) is 29.5 Å². The highest BCUT2D eigenvalue weighted by Gasteiger charge is 2.24. The number of aryl methyl sites for hydroxylation is 1. The maximum Gasteiger partial charge on any atom is 0.338 e. The molecule has 2 aromatic rings. The lowest BCUT2D eigenvalue weighted by molar-refractivity contribution is 0.0378. The molecule has 0 radical (unpaired) electrons. The molecule has 0 aromatic heterocycles. The molecular weight excluding hydrogens is 346 g/mol. The van der Waals surface area contributed by atoms with E-state index in [1.807, 2.05) is 26.0 Å². The van der Waals surface area contributed by atoms with Gasteiger partial charge in [0.2, 0.25) is 0 Å². The summed E-state index contributed by atoms with van der Waals surface area (Å²) in [6.45, 7) is 7.28. The molecule has 4 rings (SSSR count). The Balaban J connectivity index is 1.46. The average Bonchev–Trinajstić information content (AvgIpc) is 3.12. The molecular formula is C25H31NO2. The molecule has 1 heterocycles. The van der Waals surface area contributed by atoms with Crippen molar-refractivity contribution in [3.05, 3.63) is 64.7 Å². The number of rotatable bonds is 4. The Morgan fingerprint density at radius 2 is 1.86 bits per heavy atom. The Bertz CT molecular complexity index is 840. The minimum absolute atomic E-state index is 0.0875. The molecule has 1 fully saturated rings. The fourth-order valence-corrected chi connectivity index (χ4v) is 4.69. The van der Waals surface area contributed by atoms with E-state index < -0.39 is 0 Å². The summed E-state index contributed by atoms with van der Waals surface area (Å²) >= 11 is 0. The van der Waals surface area contributed by atoms with Crippen LogP contribution < -0.4 is 4.90 Å². The van der Waals surface area contributed by atoms with Gasteiger partial charge in [0.15, 0.2) is 0 Å². The van der Waals surface area contributed by atoms with Crippen LogP contribution in [0.25, 0.3) is 0 Å².